The SMILES string of the molecule is N#Cc1nc(/C=C/c2ccccc2)oc1N. The number of hydrogen-bond acceptors (Lipinski definition) is 4. The van der Waals surface area contributed by atoms with Crippen LogP contribution in [0, 0.1) is 11.3 Å². The van der Waals surface area contributed by atoms with Crippen LogP contribution in [-0.4, -0.2) is 4.98 Å². The first-order chi connectivity index (χ1) is 7.79. The van der Waals surface area contributed by atoms with Gasteiger partial charge in [-0.1, -0.05) is 30.3 Å². The van der Waals surface area contributed by atoms with Gasteiger partial charge in [0.25, 0.3) is 0 Å². The first-order valence-corrected chi connectivity index (χ1v) is 4.69. The standard InChI is InChI=1S/C12H9N3O/c13-8-10-12(14)16-11(15-10)7-6-9-4-2-1-3-5-9/h1-7H,14H2/b7-6+. The van der Waals surface area contributed by atoms with Gasteiger partial charge < -0.3 is 10.2 Å². The smallest absolute Gasteiger partial charge is 0.229 e. The second-order valence-electron chi connectivity index (χ2n) is 3.12. The maximum Gasteiger partial charge on any atom is 0.229 e. The van der Waals surface area contributed by atoms with Gasteiger partial charge in [0.15, 0.2) is 0 Å². The lowest BCUT2D eigenvalue weighted by Crippen LogP contribution is -1.83. The lowest BCUT2D eigenvalue weighted by molar-refractivity contribution is 0.565. The number of aromatic nitrogens is 1. The number of nitriles is 1. The summed E-state index contributed by atoms with van der Waals surface area (Å²) >= 11 is 0. The van der Waals surface area contributed by atoms with Gasteiger partial charge >= 0.3 is 0 Å². The summed E-state index contributed by atoms with van der Waals surface area (Å²) in [4.78, 5) is 3.90. The van der Waals surface area contributed by atoms with Gasteiger partial charge in [0, 0.05) is 6.08 Å². The highest BCUT2D eigenvalue weighted by Gasteiger charge is 2.06. The van der Waals surface area contributed by atoms with Gasteiger partial charge in [0.05, 0.1) is 0 Å². The van der Waals surface area contributed by atoms with E-state index < -0.39 is 0 Å². The second-order valence-corrected chi connectivity index (χ2v) is 3.12. The summed E-state index contributed by atoms with van der Waals surface area (Å²) < 4.78 is 5.08. The molecule has 0 amide bonds. The van der Waals surface area contributed by atoms with E-state index in [4.69, 9.17) is 15.4 Å². The molecule has 0 spiro atoms. The molecule has 4 heteroatoms. The number of benzene rings is 1. The van der Waals surface area contributed by atoms with E-state index in [2.05, 4.69) is 4.98 Å². The molecule has 0 atom stereocenters. The van der Waals surface area contributed by atoms with Crippen molar-refractivity contribution in [2.45, 2.75) is 0 Å². The Morgan fingerprint density at radius 1 is 1.25 bits per heavy atom. The van der Waals surface area contributed by atoms with Crippen molar-refractivity contribution in [3.63, 3.8) is 0 Å². The van der Waals surface area contributed by atoms with Crippen molar-refractivity contribution in [3.8, 4) is 6.07 Å². The van der Waals surface area contributed by atoms with E-state index >= 15 is 0 Å². The second kappa shape index (κ2) is 4.32. The molecule has 1 aromatic heterocycles. The minimum absolute atomic E-state index is 0.0511. The lowest BCUT2D eigenvalue weighted by atomic mass is 10.2. The largest absolute Gasteiger partial charge is 0.420 e. The van der Waals surface area contributed by atoms with Crippen LogP contribution in [0.15, 0.2) is 34.7 Å². The van der Waals surface area contributed by atoms with Gasteiger partial charge in [0.2, 0.25) is 17.5 Å². The van der Waals surface area contributed by atoms with Crippen LogP contribution in [0.5, 0.6) is 0 Å². The number of oxazole rings is 1. The molecular formula is C12H9N3O. The molecule has 16 heavy (non-hydrogen) atoms. The average Bonchev–Trinajstić information content (AvgIpc) is 2.69. The third-order valence-electron chi connectivity index (χ3n) is 1.99. The number of nitrogen functional groups attached to an aromatic ring is 1. The summed E-state index contributed by atoms with van der Waals surface area (Å²) in [5.74, 6) is 0.383. The van der Waals surface area contributed by atoms with E-state index in [9.17, 15) is 0 Å². The van der Waals surface area contributed by atoms with Crippen molar-refractivity contribution >= 4 is 18.0 Å². The van der Waals surface area contributed by atoms with Crippen molar-refractivity contribution in [2.24, 2.45) is 0 Å². The summed E-state index contributed by atoms with van der Waals surface area (Å²) in [5.41, 5.74) is 6.58. The van der Waals surface area contributed by atoms with Crippen LogP contribution in [0.1, 0.15) is 17.1 Å². The van der Waals surface area contributed by atoms with Crippen LogP contribution in [0.3, 0.4) is 0 Å². The lowest BCUT2D eigenvalue weighted by Gasteiger charge is -1.88. The Morgan fingerprint density at radius 2 is 2.00 bits per heavy atom. The van der Waals surface area contributed by atoms with Crippen LogP contribution in [-0.2, 0) is 0 Å². The Hall–Kier alpha value is -2.54. The summed E-state index contributed by atoms with van der Waals surface area (Å²) in [7, 11) is 0. The van der Waals surface area contributed by atoms with E-state index in [1.165, 1.54) is 0 Å². The molecule has 0 unspecified atom stereocenters. The minimum atomic E-state index is 0.0511. The molecule has 2 aromatic rings. The third kappa shape index (κ3) is 2.10. The Balaban J connectivity index is 2.22. The van der Waals surface area contributed by atoms with E-state index in [1.807, 2.05) is 42.5 Å². The summed E-state index contributed by atoms with van der Waals surface area (Å²) in [6, 6.07) is 11.6. The molecule has 78 valence electrons. The monoisotopic (exact) mass is 211 g/mol. The zero-order valence-electron chi connectivity index (χ0n) is 8.42. The minimum Gasteiger partial charge on any atom is -0.420 e. The quantitative estimate of drug-likeness (QED) is 0.826. The number of anilines is 1. The molecule has 2 rings (SSSR count). The molecule has 0 aliphatic heterocycles. The predicted molar refractivity (Wildman–Crippen MR) is 61.0 cm³/mol. The van der Waals surface area contributed by atoms with E-state index in [0.29, 0.717) is 5.89 Å². The maximum absolute atomic E-state index is 8.64. The molecule has 2 N–H and O–H groups in total. The topological polar surface area (TPSA) is 75.8 Å². The third-order valence-corrected chi connectivity index (χ3v) is 1.99. The fourth-order valence-electron chi connectivity index (χ4n) is 1.23. The molecule has 1 aromatic carbocycles. The number of nitrogens with zero attached hydrogens (tertiary/aromatic N) is 2. The molecular weight excluding hydrogens is 202 g/mol. The van der Waals surface area contributed by atoms with Crippen LogP contribution in [0.25, 0.3) is 12.2 Å². The molecule has 1 heterocycles. The van der Waals surface area contributed by atoms with Crippen LogP contribution >= 0.6 is 0 Å². The summed E-state index contributed by atoms with van der Waals surface area (Å²) in [6.07, 6.45) is 3.51. The van der Waals surface area contributed by atoms with Gasteiger partial charge in [-0.25, -0.2) is 0 Å². The van der Waals surface area contributed by atoms with Gasteiger partial charge in [-0.15, -0.1) is 0 Å². The Kier molecular flexibility index (Phi) is 2.70. The van der Waals surface area contributed by atoms with Crippen molar-refractivity contribution < 1.29 is 4.42 Å². The van der Waals surface area contributed by atoms with Crippen molar-refractivity contribution in [1.82, 2.24) is 4.98 Å². The first-order valence-electron chi connectivity index (χ1n) is 4.69. The van der Waals surface area contributed by atoms with Crippen LogP contribution < -0.4 is 5.73 Å². The van der Waals surface area contributed by atoms with Crippen molar-refractivity contribution in [3.05, 3.63) is 47.5 Å². The fourth-order valence-corrected chi connectivity index (χ4v) is 1.23. The Morgan fingerprint density at radius 3 is 2.62 bits per heavy atom. The number of hydrogen-bond donors (Lipinski definition) is 1. The highest BCUT2D eigenvalue weighted by Crippen LogP contribution is 2.14. The number of rotatable bonds is 2. The normalized spacial score (nSPS) is 10.4. The predicted octanol–water partition coefficient (Wildman–Crippen LogP) is 2.30. The van der Waals surface area contributed by atoms with E-state index in [-0.39, 0.29) is 11.6 Å². The molecule has 0 saturated heterocycles. The Labute approximate surface area is 92.6 Å². The Bertz CT molecular complexity index is 549. The van der Waals surface area contributed by atoms with Crippen LogP contribution in [0.2, 0.25) is 0 Å². The maximum atomic E-state index is 8.64. The fraction of sp³-hybridized carbons (Fsp3) is 0. The van der Waals surface area contributed by atoms with E-state index in [0.717, 1.165) is 5.56 Å². The van der Waals surface area contributed by atoms with Gasteiger partial charge in [-0.05, 0) is 11.6 Å². The molecule has 4 nitrogen and oxygen atoms in total. The molecule has 0 saturated carbocycles. The first kappa shape index (κ1) is 9.99. The number of nitrogens with two attached hydrogens (primary N) is 1. The van der Waals surface area contributed by atoms with Crippen LogP contribution in [0.4, 0.5) is 5.88 Å². The van der Waals surface area contributed by atoms with Gasteiger partial charge in [-0.3, -0.25) is 0 Å². The average molecular weight is 211 g/mol. The molecule has 0 radical (unpaired) electrons. The van der Waals surface area contributed by atoms with Crippen molar-refractivity contribution in [2.75, 3.05) is 5.73 Å². The molecule has 0 aliphatic rings. The van der Waals surface area contributed by atoms with Gasteiger partial charge in [0.1, 0.15) is 6.07 Å². The zero-order valence-corrected chi connectivity index (χ0v) is 8.42. The summed E-state index contributed by atoms with van der Waals surface area (Å²) in [6.45, 7) is 0. The zero-order chi connectivity index (χ0) is 11.4. The van der Waals surface area contributed by atoms with Crippen molar-refractivity contribution in [1.29, 1.82) is 5.26 Å². The highest BCUT2D eigenvalue weighted by atomic mass is 16.4. The highest BCUT2D eigenvalue weighted by molar-refractivity contribution is 5.66. The molecule has 0 aliphatic carbocycles. The molecule has 0 fully saturated rings. The van der Waals surface area contributed by atoms with Gasteiger partial charge in [-0.2, -0.15) is 10.2 Å². The van der Waals surface area contributed by atoms with E-state index in [1.54, 1.807) is 6.08 Å². The summed E-state index contributed by atoms with van der Waals surface area (Å²) in [5, 5.41) is 8.64. The molecule has 0 bridgehead atoms.